The Hall–Kier alpha value is -0.880. The van der Waals surface area contributed by atoms with E-state index >= 15 is 0 Å². The molecule has 15 heavy (non-hydrogen) atoms. The quantitative estimate of drug-likeness (QED) is 0.370. The normalized spacial score (nSPS) is 11.0. The van der Waals surface area contributed by atoms with E-state index in [0.717, 1.165) is 0 Å². The van der Waals surface area contributed by atoms with Crippen molar-refractivity contribution in [1.82, 2.24) is 5.32 Å². The molecule has 0 fully saturated rings. The topological polar surface area (TPSA) is 92.4 Å². The smallest absolute Gasteiger partial charge is 1.00 e. The van der Waals surface area contributed by atoms with Crippen molar-refractivity contribution in [1.29, 1.82) is 0 Å². The predicted octanol–water partition coefficient (Wildman–Crippen LogP) is -3.10. The number of benzene rings is 1. The van der Waals surface area contributed by atoms with Gasteiger partial charge in [0, 0.05) is 5.56 Å². The summed E-state index contributed by atoms with van der Waals surface area (Å²) in [5.74, 6) is -1.77. The minimum atomic E-state index is -1.37. The molecule has 0 saturated heterocycles. The summed E-state index contributed by atoms with van der Waals surface area (Å²) in [6.45, 7) is 0. The number of carboxylic acid groups (broad SMARTS) is 1. The van der Waals surface area contributed by atoms with Gasteiger partial charge in [0.15, 0.2) is 6.17 Å². The number of carbonyl (C=O) groups is 2. The van der Waals surface area contributed by atoms with E-state index in [1.165, 1.54) is 0 Å². The van der Waals surface area contributed by atoms with Crippen LogP contribution in [0, 0.1) is 0 Å². The fraction of sp³-hybridized carbons (Fsp3) is 0.111. The Morgan fingerprint density at radius 2 is 1.87 bits per heavy atom. The van der Waals surface area contributed by atoms with Gasteiger partial charge in [0.2, 0.25) is 0 Å². The SMILES string of the molecule is NC(NC(=O)c1ccccc1)C(=O)O.[H-].[Na+]. The molecule has 5 nitrogen and oxygen atoms in total. The van der Waals surface area contributed by atoms with Gasteiger partial charge in [0.1, 0.15) is 0 Å². The molecular weight excluding hydrogens is 207 g/mol. The third-order valence-corrected chi connectivity index (χ3v) is 1.59. The van der Waals surface area contributed by atoms with Crippen molar-refractivity contribution < 1.29 is 45.7 Å². The third kappa shape index (κ3) is 4.44. The number of hydrogen-bond donors (Lipinski definition) is 3. The number of rotatable bonds is 3. The average molecular weight is 218 g/mol. The second kappa shape index (κ2) is 6.58. The summed E-state index contributed by atoms with van der Waals surface area (Å²) in [6, 6.07) is 8.27. The van der Waals surface area contributed by atoms with Crippen LogP contribution >= 0.6 is 0 Å². The van der Waals surface area contributed by atoms with E-state index in [2.05, 4.69) is 5.32 Å². The number of nitrogens with two attached hydrogens (primary N) is 1. The summed E-state index contributed by atoms with van der Waals surface area (Å²) in [7, 11) is 0. The van der Waals surface area contributed by atoms with Crippen molar-refractivity contribution in [2.24, 2.45) is 5.73 Å². The van der Waals surface area contributed by atoms with Crippen LogP contribution < -0.4 is 40.6 Å². The molecule has 1 rings (SSSR count). The van der Waals surface area contributed by atoms with Crippen molar-refractivity contribution in [3.63, 3.8) is 0 Å². The van der Waals surface area contributed by atoms with Crippen LogP contribution in [0.15, 0.2) is 30.3 Å². The molecule has 1 aromatic carbocycles. The summed E-state index contributed by atoms with van der Waals surface area (Å²) in [5.41, 5.74) is 5.50. The van der Waals surface area contributed by atoms with Crippen LogP contribution in [0.4, 0.5) is 0 Å². The molecule has 0 aliphatic carbocycles. The van der Waals surface area contributed by atoms with E-state index in [1.807, 2.05) is 0 Å². The first-order chi connectivity index (χ1) is 6.61. The molecule has 1 unspecified atom stereocenters. The molecule has 1 atom stereocenters. The largest absolute Gasteiger partial charge is 1.00 e. The van der Waals surface area contributed by atoms with E-state index in [-0.39, 0.29) is 31.0 Å². The van der Waals surface area contributed by atoms with Gasteiger partial charge < -0.3 is 17.6 Å². The number of aliphatic carboxylic acids is 1. The minimum absolute atomic E-state index is 0. The third-order valence-electron chi connectivity index (χ3n) is 1.59. The van der Waals surface area contributed by atoms with E-state index in [4.69, 9.17) is 10.8 Å². The van der Waals surface area contributed by atoms with E-state index in [9.17, 15) is 9.59 Å². The van der Waals surface area contributed by atoms with Crippen LogP contribution in [-0.2, 0) is 4.79 Å². The predicted molar refractivity (Wildman–Crippen MR) is 50.6 cm³/mol. The maximum Gasteiger partial charge on any atom is 1.00 e. The minimum Gasteiger partial charge on any atom is -1.00 e. The zero-order valence-electron chi connectivity index (χ0n) is 9.31. The maximum atomic E-state index is 11.3. The molecule has 6 heteroatoms. The van der Waals surface area contributed by atoms with Gasteiger partial charge in [-0.3, -0.25) is 4.79 Å². The molecule has 1 amide bonds. The Bertz CT molecular complexity index is 348. The summed E-state index contributed by atoms with van der Waals surface area (Å²) >= 11 is 0. The standard InChI is InChI=1S/C9H10N2O3.Na.H/c10-7(9(13)14)11-8(12)6-4-2-1-3-5-6;;/h1-5,7H,10H2,(H,11,12)(H,13,14);;/q;+1;-1. The molecule has 1 aromatic rings. The number of hydrogen-bond acceptors (Lipinski definition) is 3. The van der Waals surface area contributed by atoms with E-state index < -0.39 is 18.0 Å². The molecular formula is C9H11N2NaO3. The molecule has 0 spiro atoms. The van der Waals surface area contributed by atoms with Gasteiger partial charge in [-0.2, -0.15) is 0 Å². The van der Waals surface area contributed by atoms with Crippen molar-refractivity contribution >= 4 is 11.9 Å². The Balaban J connectivity index is 0. The van der Waals surface area contributed by atoms with E-state index in [0.29, 0.717) is 5.56 Å². The van der Waals surface area contributed by atoms with E-state index in [1.54, 1.807) is 30.3 Å². The fourth-order valence-electron chi connectivity index (χ4n) is 0.876. The first kappa shape index (κ1) is 14.1. The van der Waals surface area contributed by atoms with Crippen molar-refractivity contribution in [3.8, 4) is 0 Å². The van der Waals surface area contributed by atoms with Crippen molar-refractivity contribution in [2.75, 3.05) is 0 Å². The molecule has 0 bridgehead atoms. The molecule has 0 aromatic heterocycles. The van der Waals surface area contributed by atoms with Crippen LogP contribution in [-0.4, -0.2) is 23.1 Å². The fourth-order valence-corrected chi connectivity index (χ4v) is 0.876. The zero-order chi connectivity index (χ0) is 10.6. The molecule has 0 saturated carbocycles. The second-order valence-electron chi connectivity index (χ2n) is 2.66. The Kier molecular flexibility index (Phi) is 6.19. The van der Waals surface area contributed by atoms with Gasteiger partial charge in [0.05, 0.1) is 0 Å². The van der Waals surface area contributed by atoms with Crippen molar-refractivity contribution in [3.05, 3.63) is 35.9 Å². The first-order valence-corrected chi connectivity index (χ1v) is 3.95. The molecule has 0 radical (unpaired) electrons. The average Bonchev–Trinajstić information content (AvgIpc) is 2.19. The summed E-state index contributed by atoms with van der Waals surface area (Å²) < 4.78 is 0. The van der Waals surface area contributed by atoms with Crippen LogP contribution in [0.5, 0.6) is 0 Å². The number of carbonyl (C=O) groups excluding carboxylic acids is 1. The van der Waals surface area contributed by atoms with Crippen molar-refractivity contribution in [2.45, 2.75) is 6.17 Å². The Labute approximate surface area is 110 Å². The Morgan fingerprint density at radius 3 is 2.33 bits per heavy atom. The van der Waals surface area contributed by atoms with Gasteiger partial charge in [-0.1, -0.05) is 18.2 Å². The molecule has 0 aliphatic rings. The molecule has 4 N–H and O–H groups in total. The number of nitrogens with one attached hydrogen (secondary N) is 1. The number of carboxylic acids is 1. The Morgan fingerprint density at radius 1 is 1.33 bits per heavy atom. The van der Waals surface area contributed by atoms with Gasteiger partial charge in [-0.15, -0.1) is 0 Å². The summed E-state index contributed by atoms with van der Waals surface area (Å²) in [5, 5.41) is 10.6. The number of amides is 1. The van der Waals surface area contributed by atoms with Gasteiger partial charge in [-0.25, -0.2) is 4.79 Å². The van der Waals surface area contributed by atoms with Crippen LogP contribution in [0.1, 0.15) is 11.8 Å². The van der Waals surface area contributed by atoms with Crippen LogP contribution in [0.3, 0.4) is 0 Å². The van der Waals surface area contributed by atoms with Gasteiger partial charge >= 0.3 is 35.5 Å². The zero-order valence-corrected chi connectivity index (χ0v) is 10.3. The monoisotopic (exact) mass is 218 g/mol. The summed E-state index contributed by atoms with van der Waals surface area (Å²) in [6.07, 6.45) is -1.37. The van der Waals surface area contributed by atoms with Gasteiger partial charge in [0.25, 0.3) is 5.91 Å². The molecule has 76 valence electrons. The molecule has 0 aliphatic heterocycles. The summed E-state index contributed by atoms with van der Waals surface area (Å²) in [4.78, 5) is 21.6. The van der Waals surface area contributed by atoms with Gasteiger partial charge in [-0.05, 0) is 12.1 Å². The van der Waals surface area contributed by atoms with Crippen LogP contribution in [0.2, 0.25) is 0 Å². The van der Waals surface area contributed by atoms with Crippen LogP contribution in [0.25, 0.3) is 0 Å². The second-order valence-corrected chi connectivity index (χ2v) is 2.66. The first-order valence-electron chi connectivity index (χ1n) is 3.95. The molecule has 0 heterocycles. The maximum absolute atomic E-state index is 11.3.